The minimum absolute atomic E-state index is 0. The minimum atomic E-state index is -1.40. The number of nitrogens with zero attached hydrogens (tertiary/aromatic N) is 2. The molecule has 254 valence electrons. The van der Waals surface area contributed by atoms with Crippen molar-refractivity contribution in [2.75, 3.05) is 25.0 Å². The van der Waals surface area contributed by atoms with Gasteiger partial charge in [0.15, 0.2) is 0 Å². The van der Waals surface area contributed by atoms with Gasteiger partial charge in [-0.3, -0.25) is 19.2 Å². The summed E-state index contributed by atoms with van der Waals surface area (Å²) in [5, 5.41) is 12.1. The lowest BCUT2D eigenvalue weighted by atomic mass is 9.99. The summed E-state index contributed by atoms with van der Waals surface area (Å²) in [4.78, 5) is 57.6. The first kappa shape index (κ1) is 34.9. The average molecular weight is 681 g/mol. The molecule has 2 aromatic carbocycles. The third-order valence-electron chi connectivity index (χ3n) is 8.88. The molecule has 4 N–H and O–H groups in total. The third kappa shape index (κ3) is 8.35. The molecule has 13 heteroatoms. The zero-order valence-corrected chi connectivity index (χ0v) is 27.3. The molecule has 4 amide bonds. The van der Waals surface area contributed by atoms with Crippen LogP contribution in [0.4, 0.5) is 14.5 Å². The zero-order chi connectivity index (χ0) is 33.1. The molecule has 2 saturated heterocycles. The summed E-state index contributed by atoms with van der Waals surface area (Å²) in [6, 6.07) is 10.7. The summed E-state index contributed by atoms with van der Waals surface area (Å²) in [6.45, 7) is 1.88. The van der Waals surface area contributed by atoms with Crippen LogP contribution < -0.4 is 21.3 Å². The Hall–Kier alpha value is -4.42. The number of anilines is 1. The van der Waals surface area contributed by atoms with Crippen molar-refractivity contribution in [1.82, 2.24) is 25.8 Å². The van der Waals surface area contributed by atoms with Crippen LogP contribution in [0.5, 0.6) is 0 Å². The molecule has 3 heterocycles. The van der Waals surface area contributed by atoms with Crippen molar-refractivity contribution in [1.29, 1.82) is 0 Å². The second-order valence-corrected chi connectivity index (χ2v) is 12.5. The molecule has 3 aromatic rings. The molecule has 4 atom stereocenters. The second-order valence-electron chi connectivity index (χ2n) is 12.5. The molecule has 3 aliphatic rings. The molecular formula is C35H39ClF2N6O4. The summed E-state index contributed by atoms with van der Waals surface area (Å²) in [5.74, 6) is -1.75. The normalized spacial score (nSPS) is 21.1. The van der Waals surface area contributed by atoms with Gasteiger partial charge < -0.3 is 26.2 Å². The molecule has 48 heavy (non-hydrogen) atoms. The number of hydrogen-bond acceptors (Lipinski definition) is 6. The van der Waals surface area contributed by atoms with Crippen molar-refractivity contribution in [3.05, 3.63) is 77.2 Å². The maximum Gasteiger partial charge on any atom is 0.270 e. The number of fused-ring (bicyclic) bond motifs is 1. The SMILES string of the molecule is C[C@H](NC(=O)[C@@H]1C[C@@H](F)CN1C(=O)CNC(=O)c1ccc2cc(F)ccc2n1)c1cc(NC(=O)[C@H]2CCCN2)ccc1/C=C/C1CC1.Cl. The standard InChI is InChI=1S/C35H38F2N6O4.ClH/c1-20(27-17-26(41-34(46)29-3-2-14-38-29)11-8-22(27)7-6-21-4-5-21)40-35(47)31-16-25(37)19-43(31)32(44)18-39-33(45)30-12-9-23-15-24(36)10-13-28(23)42-30;/h6-13,15,17,20-21,25,29,31,38H,2-5,14,16,18-19H2,1H3,(H,39,45)(H,40,47)(H,41,46);1H/b7-6+;/t20-,25+,29+,31-;/m0./s1. The van der Waals surface area contributed by atoms with Gasteiger partial charge in [0.1, 0.15) is 23.7 Å². The van der Waals surface area contributed by atoms with Crippen molar-refractivity contribution in [2.45, 2.75) is 63.3 Å². The number of hydrogen-bond donors (Lipinski definition) is 4. The monoisotopic (exact) mass is 680 g/mol. The second kappa shape index (κ2) is 15.2. The van der Waals surface area contributed by atoms with E-state index in [2.05, 4.69) is 32.3 Å². The molecule has 0 bridgehead atoms. The van der Waals surface area contributed by atoms with E-state index in [9.17, 15) is 28.0 Å². The maximum absolute atomic E-state index is 14.6. The first-order valence-corrected chi connectivity index (χ1v) is 16.1. The van der Waals surface area contributed by atoms with Crippen molar-refractivity contribution >= 4 is 58.7 Å². The minimum Gasteiger partial charge on any atom is -0.348 e. The van der Waals surface area contributed by atoms with Crippen LogP contribution in [0.2, 0.25) is 0 Å². The van der Waals surface area contributed by atoms with Gasteiger partial charge in [0, 0.05) is 17.5 Å². The number of carbonyl (C=O) groups excluding carboxylic acids is 4. The predicted molar refractivity (Wildman–Crippen MR) is 181 cm³/mol. The Morgan fingerprint density at radius 1 is 1.06 bits per heavy atom. The number of allylic oxidation sites excluding steroid dienone is 1. The molecule has 3 fully saturated rings. The predicted octanol–water partition coefficient (Wildman–Crippen LogP) is 4.46. The van der Waals surface area contributed by atoms with Crippen LogP contribution in [0.3, 0.4) is 0 Å². The van der Waals surface area contributed by atoms with Gasteiger partial charge in [0.25, 0.3) is 5.91 Å². The number of likely N-dealkylation sites (tertiary alicyclic amines) is 1. The highest BCUT2D eigenvalue weighted by Crippen LogP contribution is 2.32. The fourth-order valence-electron chi connectivity index (χ4n) is 6.11. The Balaban J connectivity index is 0.00000451. The van der Waals surface area contributed by atoms with E-state index in [0.717, 1.165) is 48.3 Å². The average Bonchev–Trinajstić information content (AvgIpc) is 3.54. The zero-order valence-electron chi connectivity index (χ0n) is 26.5. The molecular weight excluding hydrogens is 642 g/mol. The molecule has 1 aliphatic carbocycles. The van der Waals surface area contributed by atoms with E-state index in [0.29, 0.717) is 22.5 Å². The van der Waals surface area contributed by atoms with Gasteiger partial charge >= 0.3 is 0 Å². The van der Waals surface area contributed by atoms with Gasteiger partial charge in [-0.15, -0.1) is 12.4 Å². The van der Waals surface area contributed by atoms with Crippen molar-refractivity contribution in [2.24, 2.45) is 5.92 Å². The van der Waals surface area contributed by atoms with Crippen molar-refractivity contribution in [3.63, 3.8) is 0 Å². The van der Waals surface area contributed by atoms with Crippen molar-refractivity contribution in [3.8, 4) is 0 Å². The number of carbonyl (C=O) groups is 4. The van der Waals surface area contributed by atoms with Gasteiger partial charge in [-0.2, -0.15) is 0 Å². The molecule has 10 nitrogen and oxygen atoms in total. The van der Waals surface area contributed by atoms with E-state index in [-0.39, 0.29) is 43.0 Å². The third-order valence-corrected chi connectivity index (χ3v) is 8.88. The van der Waals surface area contributed by atoms with Crippen LogP contribution in [0.1, 0.15) is 66.7 Å². The Morgan fingerprint density at radius 3 is 2.62 bits per heavy atom. The first-order chi connectivity index (χ1) is 22.6. The lowest BCUT2D eigenvalue weighted by Crippen LogP contribution is -2.49. The molecule has 6 rings (SSSR count). The van der Waals surface area contributed by atoms with Gasteiger partial charge in [-0.25, -0.2) is 13.8 Å². The molecule has 0 spiro atoms. The Morgan fingerprint density at radius 2 is 1.88 bits per heavy atom. The molecule has 1 saturated carbocycles. The molecule has 0 unspecified atom stereocenters. The molecule has 2 aliphatic heterocycles. The van der Waals surface area contributed by atoms with E-state index in [4.69, 9.17) is 0 Å². The molecule has 1 aromatic heterocycles. The topological polar surface area (TPSA) is 133 Å². The summed E-state index contributed by atoms with van der Waals surface area (Å²) >= 11 is 0. The van der Waals surface area contributed by atoms with Crippen LogP contribution in [-0.2, 0) is 14.4 Å². The Labute approximate surface area is 283 Å². The number of rotatable bonds is 10. The quantitative estimate of drug-likeness (QED) is 0.250. The number of halogens is 3. The van der Waals surface area contributed by atoms with Gasteiger partial charge in [-0.1, -0.05) is 24.3 Å². The van der Waals surface area contributed by atoms with Crippen LogP contribution in [0.15, 0.2) is 54.6 Å². The van der Waals surface area contributed by atoms with Crippen LogP contribution >= 0.6 is 12.4 Å². The number of amides is 4. The number of alkyl halides is 1. The van der Waals surface area contributed by atoms with E-state index in [1.807, 2.05) is 31.2 Å². The van der Waals surface area contributed by atoms with E-state index < -0.39 is 48.3 Å². The lowest BCUT2D eigenvalue weighted by Gasteiger charge is -2.26. The summed E-state index contributed by atoms with van der Waals surface area (Å²) in [6.07, 6.45) is 6.58. The molecule has 0 radical (unpaired) electrons. The maximum atomic E-state index is 14.6. The number of benzene rings is 2. The smallest absolute Gasteiger partial charge is 0.270 e. The first-order valence-electron chi connectivity index (χ1n) is 16.1. The number of nitrogens with one attached hydrogen (secondary N) is 4. The highest BCUT2D eigenvalue weighted by molar-refractivity contribution is 5.98. The Bertz CT molecular complexity index is 1730. The van der Waals surface area contributed by atoms with Gasteiger partial charge in [0.05, 0.1) is 30.7 Å². The van der Waals surface area contributed by atoms with Crippen molar-refractivity contribution < 1.29 is 28.0 Å². The lowest BCUT2D eigenvalue weighted by molar-refractivity contribution is -0.138. The van der Waals surface area contributed by atoms with E-state index in [1.54, 1.807) is 6.07 Å². The highest BCUT2D eigenvalue weighted by atomic mass is 35.5. The highest BCUT2D eigenvalue weighted by Gasteiger charge is 2.40. The summed E-state index contributed by atoms with van der Waals surface area (Å²) in [5.41, 5.74) is 2.72. The van der Waals surface area contributed by atoms with Crippen LogP contribution in [-0.4, -0.2) is 71.4 Å². The largest absolute Gasteiger partial charge is 0.348 e. The fraction of sp³-hybridized carbons (Fsp3) is 0.400. The van der Waals surface area contributed by atoms with Crippen LogP contribution in [0.25, 0.3) is 17.0 Å². The fourth-order valence-corrected chi connectivity index (χ4v) is 6.11. The Kier molecular flexibility index (Phi) is 11.1. The van der Waals surface area contributed by atoms with Crippen LogP contribution in [0, 0.1) is 11.7 Å². The van der Waals surface area contributed by atoms with E-state index in [1.165, 1.54) is 24.3 Å². The summed E-state index contributed by atoms with van der Waals surface area (Å²) < 4.78 is 28.1. The van der Waals surface area contributed by atoms with E-state index >= 15 is 0 Å². The summed E-state index contributed by atoms with van der Waals surface area (Å²) in [7, 11) is 0. The van der Waals surface area contributed by atoms with Gasteiger partial charge in [-0.05, 0) is 92.6 Å². The number of pyridine rings is 1. The van der Waals surface area contributed by atoms with Gasteiger partial charge in [0.2, 0.25) is 17.7 Å². The number of aromatic nitrogens is 1.